The molecule has 0 aromatic heterocycles. The Labute approximate surface area is 130 Å². The maximum atomic E-state index is 9.58. The lowest BCUT2D eigenvalue weighted by atomic mass is 10.1. The van der Waals surface area contributed by atoms with Crippen molar-refractivity contribution < 1.29 is 9.84 Å². The number of methoxy groups -OCH3 is 1. The highest BCUT2D eigenvalue weighted by molar-refractivity contribution is 6.33. The van der Waals surface area contributed by atoms with Gasteiger partial charge in [0.1, 0.15) is 5.75 Å². The summed E-state index contributed by atoms with van der Waals surface area (Å²) in [6.07, 6.45) is -0.514. The van der Waals surface area contributed by atoms with Crippen LogP contribution in [0.4, 0.5) is 5.69 Å². The Kier molecular flexibility index (Phi) is 5.10. The Hall–Kier alpha value is -1.71. The van der Waals surface area contributed by atoms with Crippen LogP contribution in [0.25, 0.3) is 0 Å². The predicted octanol–water partition coefficient (Wildman–Crippen LogP) is 4.04. The molecular weight excluding hydrogens is 286 g/mol. The Morgan fingerprint density at radius 3 is 2.62 bits per heavy atom. The van der Waals surface area contributed by atoms with Crippen molar-refractivity contribution in [2.45, 2.75) is 19.6 Å². The molecular formula is C17H20ClNO2. The fraction of sp³-hybridized carbons (Fsp3) is 0.294. The summed E-state index contributed by atoms with van der Waals surface area (Å²) in [5, 5.41) is 10.2. The van der Waals surface area contributed by atoms with Gasteiger partial charge in [0.2, 0.25) is 0 Å². The van der Waals surface area contributed by atoms with E-state index < -0.39 is 6.10 Å². The lowest BCUT2D eigenvalue weighted by molar-refractivity contribution is 0.199. The molecule has 2 aromatic carbocycles. The number of nitrogens with zero attached hydrogens (tertiary/aromatic N) is 1. The van der Waals surface area contributed by atoms with E-state index in [2.05, 4.69) is 11.0 Å². The van der Waals surface area contributed by atoms with Crippen LogP contribution in [0.5, 0.6) is 5.75 Å². The molecule has 21 heavy (non-hydrogen) atoms. The molecule has 2 aromatic rings. The van der Waals surface area contributed by atoms with E-state index in [4.69, 9.17) is 16.3 Å². The lowest BCUT2D eigenvalue weighted by Gasteiger charge is -2.22. The molecule has 0 saturated carbocycles. The van der Waals surface area contributed by atoms with Crippen molar-refractivity contribution in [2.24, 2.45) is 0 Å². The van der Waals surface area contributed by atoms with E-state index in [-0.39, 0.29) is 0 Å². The zero-order chi connectivity index (χ0) is 15.4. The fourth-order valence-electron chi connectivity index (χ4n) is 2.22. The van der Waals surface area contributed by atoms with Crippen LogP contribution in [-0.2, 0) is 6.54 Å². The Balaban J connectivity index is 2.18. The van der Waals surface area contributed by atoms with Gasteiger partial charge in [0.25, 0.3) is 0 Å². The van der Waals surface area contributed by atoms with Gasteiger partial charge in [0.05, 0.1) is 23.9 Å². The summed E-state index contributed by atoms with van der Waals surface area (Å²) in [7, 11) is 3.65. The minimum atomic E-state index is -0.514. The number of aliphatic hydroxyl groups excluding tert-OH is 1. The van der Waals surface area contributed by atoms with Crippen molar-refractivity contribution in [3.63, 3.8) is 0 Å². The van der Waals surface area contributed by atoms with Crippen molar-refractivity contribution in [2.75, 3.05) is 19.1 Å². The average Bonchev–Trinajstić information content (AvgIpc) is 2.47. The summed E-state index contributed by atoms with van der Waals surface area (Å²) in [4.78, 5) is 2.07. The molecule has 0 saturated heterocycles. The largest absolute Gasteiger partial charge is 0.497 e. The molecule has 3 nitrogen and oxygen atoms in total. The minimum absolute atomic E-state index is 0.514. The molecule has 1 unspecified atom stereocenters. The van der Waals surface area contributed by atoms with Gasteiger partial charge in [-0.15, -0.1) is 0 Å². The summed E-state index contributed by atoms with van der Waals surface area (Å²) < 4.78 is 5.24. The topological polar surface area (TPSA) is 32.7 Å². The smallest absolute Gasteiger partial charge is 0.119 e. The second-order valence-electron chi connectivity index (χ2n) is 5.09. The van der Waals surface area contributed by atoms with Gasteiger partial charge in [0, 0.05) is 13.6 Å². The predicted molar refractivity (Wildman–Crippen MR) is 87.2 cm³/mol. The summed E-state index contributed by atoms with van der Waals surface area (Å²) in [6, 6.07) is 13.6. The number of aliphatic hydroxyl groups is 1. The van der Waals surface area contributed by atoms with Crippen LogP contribution < -0.4 is 9.64 Å². The molecule has 2 rings (SSSR count). The zero-order valence-electron chi connectivity index (χ0n) is 12.5. The molecule has 0 aliphatic rings. The van der Waals surface area contributed by atoms with Crippen molar-refractivity contribution >= 4 is 17.3 Å². The van der Waals surface area contributed by atoms with Gasteiger partial charge >= 0.3 is 0 Å². The number of rotatable bonds is 5. The van der Waals surface area contributed by atoms with Crippen LogP contribution in [0.1, 0.15) is 24.2 Å². The van der Waals surface area contributed by atoms with Crippen LogP contribution >= 0.6 is 11.6 Å². The lowest BCUT2D eigenvalue weighted by Crippen LogP contribution is -2.17. The normalized spacial score (nSPS) is 12.0. The van der Waals surface area contributed by atoms with Gasteiger partial charge in [-0.3, -0.25) is 0 Å². The highest BCUT2D eigenvalue weighted by atomic mass is 35.5. The monoisotopic (exact) mass is 305 g/mol. The molecule has 0 aliphatic carbocycles. The first kappa shape index (κ1) is 15.7. The number of ether oxygens (including phenoxy) is 1. The Bertz CT molecular complexity index is 613. The van der Waals surface area contributed by atoms with Gasteiger partial charge in [-0.2, -0.15) is 0 Å². The van der Waals surface area contributed by atoms with E-state index in [1.807, 2.05) is 43.4 Å². The third kappa shape index (κ3) is 3.90. The number of halogens is 1. The second-order valence-corrected chi connectivity index (χ2v) is 5.50. The standard InChI is InChI=1S/C17H20ClNO2/c1-12(20)14-7-8-17(16(18)10-14)19(2)11-13-5-4-6-15(9-13)21-3/h4-10,12,20H,11H2,1-3H3. The molecule has 0 spiro atoms. The molecule has 1 N–H and O–H groups in total. The number of anilines is 1. The first-order valence-corrected chi connectivity index (χ1v) is 7.20. The van der Waals surface area contributed by atoms with Crippen LogP contribution in [0.2, 0.25) is 5.02 Å². The molecule has 0 radical (unpaired) electrons. The minimum Gasteiger partial charge on any atom is -0.497 e. The van der Waals surface area contributed by atoms with Gasteiger partial charge < -0.3 is 14.7 Å². The van der Waals surface area contributed by atoms with E-state index in [0.29, 0.717) is 5.02 Å². The molecule has 1 atom stereocenters. The highest BCUT2D eigenvalue weighted by Gasteiger charge is 2.10. The SMILES string of the molecule is COc1cccc(CN(C)c2ccc(C(C)O)cc2Cl)c1. The second kappa shape index (κ2) is 6.83. The van der Waals surface area contributed by atoms with Crippen LogP contribution in [0, 0.1) is 0 Å². The van der Waals surface area contributed by atoms with Crippen molar-refractivity contribution in [1.82, 2.24) is 0 Å². The summed E-state index contributed by atoms with van der Waals surface area (Å²) >= 11 is 6.32. The maximum absolute atomic E-state index is 9.58. The Morgan fingerprint density at radius 1 is 1.24 bits per heavy atom. The highest BCUT2D eigenvalue weighted by Crippen LogP contribution is 2.29. The number of benzene rings is 2. The fourth-order valence-corrected chi connectivity index (χ4v) is 2.56. The number of hydrogen-bond acceptors (Lipinski definition) is 3. The van der Waals surface area contributed by atoms with Gasteiger partial charge in [-0.25, -0.2) is 0 Å². The third-order valence-electron chi connectivity index (χ3n) is 3.42. The van der Waals surface area contributed by atoms with E-state index >= 15 is 0 Å². The number of hydrogen-bond donors (Lipinski definition) is 1. The van der Waals surface area contributed by atoms with E-state index in [0.717, 1.165) is 29.1 Å². The van der Waals surface area contributed by atoms with Crippen molar-refractivity contribution in [3.8, 4) is 5.75 Å². The average molecular weight is 306 g/mol. The van der Waals surface area contributed by atoms with Crippen LogP contribution in [0.15, 0.2) is 42.5 Å². The van der Waals surface area contributed by atoms with Crippen LogP contribution in [-0.4, -0.2) is 19.3 Å². The third-order valence-corrected chi connectivity index (χ3v) is 3.72. The van der Waals surface area contributed by atoms with E-state index in [1.54, 1.807) is 14.0 Å². The molecule has 0 fully saturated rings. The van der Waals surface area contributed by atoms with E-state index in [9.17, 15) is 5.11 Å². The summed E-state index contributed by atoms with van der Waals surface area (Å²) in [5.41, 5.74) is 2.90. The van der Waals surface area contributed by atoms with Crippen molar-refractivity contribution in [1.29, 1.82) is 0 Å². The summed E-state index contributed by atoms with van der Waals surface area (Å²) in [5.74, 6) is 0.844. The summed E-state index contributed by atoms with van der Waals surface area (Å²) in [6.45, 7) is 2.45. The van der Waals surface area contributed by atoms with Gasteiger partial charge in [-0.1, -0.05) is 29.8 Å². The van der Waals surface area contributed by atoms with Crippen LogP contribution in [0.3, 0.4) is 0 Å². The first-order chi connectivity index (χ1) is 10.0. The molecule has 0 amide bonds. The van der Waals surface area contributed by atoms with Gasteiger partial charge in [0.15, 0.2) is 0 Å². The van der Waals surface area contributed by atoms with Crippen molar-refractivity contribution in [3.05, 3.63) is 58.6 Å². The Morgan fingerprint density at radius 2 is 2.00 bits per heavy atom. The quantitative estimate of drug-likeness (QED) is 0.905. The maximum Gasteiger partial charge on any atom is 0.119 e. The van der Waals surface area contributed by atoms with Gasteiger partial charge in [-0.05, 0) is 42.3 Å². The zero-order valence-corrected chi connectivity index (χ0v) is 13.3. The molecule has 4 heteroatoms. The molecule has 0 aliphatic heterocycles. The first-order valence-electron chi connectivity index (χ1n) is 6.83. The van der Waals surface area contributed by atoms with E-state index in [1.165, 1.54) is 0 Å². The molecule has 112 valence electrons. The molecule has 0 bridgehead atoms. The molecule has 0 heterocycles.